The number of anilines is 3. The smallest absolute Gasteiger partial charge is 0.0551 e. The van der Waals surface area contributed by atoms with Crippen molar-refractivity contribution in [1.29, 1.82) is 0 Å². The molecule has 3 heteroatoms. The molecular weight excluding hydrogens is 691 g/mol. The average Bonchev–Trinajstić information content (AvgIpc) is 3.83. The van der Waals surface area contributed by atoms with E-state index in [1.54, 1.807) is 0 Å². The van der Waals surface area contributed by atoms with E-state index in [4.69, 9.17) is 0 Å². The highest BCUT2D eigenvalue weighted by molar-refractivity contribution is 8.34. The van der Waals surface area contributed by atoms with E-state index in [-0.39, 0.29) is 5.41 Å². The van der Waals surface area contributed by atoms with Crippen molar-refractivity contribution in [3.63, 3.8) is 0 Å². The molecular formula is C51H37NS2. The van der Waals surface area contributed by atoms with Crippen molar-refractivity contribution in [2.75, 3.05) is 4.90 Å². The van der Waals surface area contributed by atoms with Gasteiger partial charge in [-0.1, -0.05) is 129 Å². The second-order valence-corrected chi connectivity index (χ2v) is 19.0. The first-order chi connectivity index (χ1) is 26.5. The van der Waals surface area contributed by atoms with Crippen LogP contribution in [0, 0.1) is 0 Å². The number of hydrogen-bond donors (Lipinski definition) is 0. The van der Waals surface area contributed by atoms with E-state index in [0.717, 1.165) is 0 Å². The average molecular weight is 728 g/mol. The Bertz CT molecular complexity index is 2880. The molecule has 0 spiro atoms. The minimum absolute atomic E-state index is 0.117. The van der Waals surface area contributed by atoms with E-state index in [0.29, 0.717) is 0 Å². The van der Waals surface area contributed by atoms with Crippen LogP contribution in [0.2, 0.25) is 0 Å². The van der Waals surface area contributed by atoms with Gasteiger partial charge in [-0.3, -0.25) is 0 Å². The Morgan fingerprint density at radius 3 is 1.83 bits per heavy atom. The van der Waals surface area contributed by atoms with E-state index in [2.05, 4.69) is 207 Å². The van der Waals surface area contributed by atoms with Gasteiger partial charge in [0, 0.05) is 62.1 Å². The van der Waals surface area contributed by atoms with Gasteiger partial charge < -0.3 is 4.90 Å². The monoisotopic (exact) mass is 727 g/mol. The Hall–Kier alpha value is -5.87. The van der Waals surface area contributed by atoms with Crippen molar-refractivity contribution >= 4 is 58.6 Å². The largest absolute Gasteiger partial charge is 0.310 e. The zero-order valence-corrected chi connectivity index (χ0v) is 31.8. The van der Waals surface area contributed by atoms with Crippen molar-refractivity contribution < 1.29 is 0 Å². The summed E-state index contributed by atoms with van der Waals surface area (Å²) in [6.45, 7) is 4.76. The molecule has 0 unspecified atom stereocenters. The van der Waals surface area contributed by atoms with E-state index < -0.39 is 10.0 Å². The van der Waals surface area contributed by atoms with Gasteiger partial charge in [0.25, 0.3) is 0 Å². The van der Waals surface area contributed by atoms with Crippen LogP contribution in [-0.2, 0) is 5.41 Å². The van der Waals surface area contributed by atoms with Crippen molar-refractivity contribution in [3.8, 4) is 22.3 Å². The minimum Gasteiger partial charge on any atom is -0.310 e. The number of benzene rings is 8. The molecule has 11 rings (SSSR count). The molecule has 1 aromatic heterocycles. The van der Waals surface area contributed by atoms with Gasteiger partial charge >= 0.3 is 0 Å². The first-order valence-electron chi connectivity index (χ1n) is 18.7. The third-order valence-electron chi connectivity index (χ3n) is 11.7. The maximum Gasteiger partial charge on any atom is 0.0551 e. The summed E-state index contributed by atoms with van der Waals surface area (Å²) in [7, 11) is -1.80. The molecule has 0 radical (unpaired) electrons. The lowest BCUT2D eigenvalue weighted by atomic mass is 9.82. The third-order valence-corrected chi connectivity index (χ3v) is 16.8. The van der Waals surface area contributed by atoms with Crippen LogP contribution in [0.4, 0.5) is 17.1 Å². The zero-order valence-electron chi connectivity index (χ0n) is 30.2. The summed E-state index contributed by atoms with van der Waals surface area (Å²) in [5.41, 5.74) is 11.5. The number of rotatable bonds is 5. The Balaban J connectivity index is 1.22. The summed E-state index contributed by atoms with van der Waals surface area (Å²) in [6.07, 6.45) is 0. The maximum atomic E-state index is 2.55. The predicted molar refractivity (Wildman–Crippen MR) is 231 cm³/mol. The fourth-order valence-electron chi connectivity index (χ4n) is 9.30. The van der Waals surface area contributed by atoms with Gasteiger partial charge in [0.15, 0.2) is 0 Å². The van der Waals surface area contributed by atoms with Crippen LogP contribution in [0.15, 0.2) is 208 Å². The Morgan fingerprint density at radius 1 is 0.444 bits per heavy atom. The normalized spacial score (nSPS) is 15.0. The Morgan fingerprint density at radius 2 is 1.04 bits per heavy atom. The fraction of sp³-hybridized carbons (Fsp3) is 0.0588. The van der Waals surface area contributed by atoms with Crippen LogP contribution in [-0.4, -0.2) is 0 Å². The molecule has 1 nitrogen and oxygen atoms in total. The topological polar surface area (TPSA) is 3.24 Å². The molecule has 0 saturated heterocycles. The third kappa shape index (κ3) is 4.34. The first kappa shape index (κ1) is 31.6. The summed E-state index contributed by atoms with van der Waals surface area (Å²) in [5, 5.41) is 2.63. The first-order valence-corrected chi connectivity index (χ1v) is 21.1. The highest BCUT2D eigenvalue weighted by Gasteiger charge is 2.44. The number of nitrogens with zero attached hydrogens (tertiary/aromatic N) is 1. The van der Waals surface area contributed by atoms with E-state index >= 15 is 0 Å². The molecule has 2 aliphatic rings. The summed E-state index contributed by atoms with van der Waals surface area (Å²) in [4.78, 5) is 8.05. The molecule has 1 aliphatic heterocycles. The van der Waals surface area contributed by atoms with Crippen molar-refractivity contribution in [2.45, 2.75) is 38.8 Å². The van der Waals surface area contributed by atoms with Crippen LogP contribution in [0.3, 0.4) is 0 Å². The highest BCUT2D eigenvalue weighted by atomic mass is 32.3. The molecule has 258 valence electrons. The van der Waals surface area contributed by atoms with E-state index in [1.807, 2.05) is 11.3 Å². The Labute approximate surface area is 322 Å². The molecule has 0 amide bonds. The van der Waals surface area contributed by atoms with Crippen LogP contribution in [0.25, 0.3) is 42.4 Å². The lowest BCUT2D eigenvalue weighted by Gasteiger charge is -2.39. The predicted octanol–water partition coefficient (Wildman–Crippen LogP) is 15.2. The second-order valence-electron chi connectivity index (χ2n) is 14.9. The number of thiophene rings is 1. The number of fused-ring (bicyclic) bond motifs is 9. The SMILES string of the molecule is CC1(C)c2ccccc2-c2ccc(N(c3ccc4c(c3)sc3ccccc34)c3cccc4c3-c3ccccc3S4(c3ccccc3)c3ccccc3)cc21. The van der Waals surface area contributed by atoms with Crippen LogP contribution >= 0.6 is 21.4 Å². The molecule has 0 fully saturated rings. The highest BCUT2D eigenvalue weighted by Crippen LogP contribution is 2.80. The summed E-state index contributed by atoms with van der Waals surface area (Å²) in [6, 6.07) is 70.7. The molecule has 0 atom stereocenters. The lowest BCUT2D eigenvalue weighted by Crippen LogP contribution is -2.17. The molecule has 1 aliphatic carbocycles. The van der Waals surface area contributed by atoms with Crippen LogP contribution in [0.1, 0.15) is 25.0 Å². The lowest BCUT2D eigenvalue weighted by molar-refractivity contribution is 0.660. The van der Waals surface area contributed by atoms with Gasteiger partial charge in [-0.25, -0.2) is 0 Å². The van der Waals surface area contributed by atoms with Gasteiger partial charge in [0.2, 0.25) is 0 Å². The van der Waals surface area contributed by atoms with Gasteiger partial charge in [0.1, 0.15) is 0 Å². The summed E-state index contributed by atoms with van der Waals surface area (Å²) >= 11 is 1.88. The fourth-order valence-corrected chi connectivity index (χ4v) is 14.7. The molecule has 0 saturated carbocycles. The van der Waals surface area contributed by atoms with E-state index in [9.17, 15) is 0 Å². The quantitative estimate of drug-likeness (QED) is 0.171. The van der Waals surface area contributed by atoms with Crippen molar-refractivity contribution in [1.82, 2.24) is 0 Å². The van der Waals surface area contributed by atoms with Gasteiger partial charge in [-0.05, 0) is 101 Å². The van der Waals surface area contributed by atoms with Crippen LogP contribution in [0.5, 0.6) is 0 Å². The molecule has 8 aromatic carbocycles. The van der Waals surface area contributed by atoms with Gasteiger partial charge in [0.05, 0.1) is 5.69 Å². The summed E-state index contributed by atoms with van der Waals surface area (Å²) in [5.74, 6) is 0. The maximum absolute atomic E-state index is 2.55. The molecule has 9 aromatic rings. The van der Waals surface area contributed by atoms with Crippen LogP contribution < -0.4 is 4.90 Å². The molecule has 54 heavy (non-hydrogen) atoms. The number of hydrogen-bond acceptors (Lipinski definition) is 2. The molecule has 0 bridgehead atoms. The molecule has 0 N–H and O–H groups in total. The van der Waals surface area contributed by atoms with Gasteiger partial charge in [-0.2, -0.15) is 0 Å². The van der Waals surface area contributed by atoms with Crippen molar-refractivity contribution in [3.05, 3.63) is 199 Å². The Kier molecular flexibility index (Phi) is 6.92. The molecule has 2 heterocycles. The van der Waals surface area contributed by atoms with E-state index in [1.165, 1.54) is 90.2 Å². The standard InChI is InChI=1S/C51H37NS2/c1-51(2)43-23-12-9-20-38(43)39-30-28-34(32-44(39)51)52(35-29-31-41-40-21-10-13-25-46(40)53-47(41)33-35)45-24-15-27-49-50(45)42-22-11-14-26-48(42)54(49,36-16-5-3-6-17-36)37-18-7-4-8-19-37/h3-33H,1-2H3. The van der Waals surface area contributed by atoms with Crippen molar-refractivity contribution in [2.24, 2.45) is 0 Å². The second kappa shape index (κ2) is 11.8. The summed E-state index contributed by atoms with van der Waals surface area (Å²) < 4.78 is 2.62. The zero-order chi connectivity index (χ0) is 36.0. The minimum atomic E-state index is -1.80. The van der Waals surface area contributed by atoms with Gasteiger partial charge in [-0.15, -0.1) is 21.4 Å².